The molecule has 0 radical (unpaired) electrons. The Balaban J connectivity index is 1.51. The lowest BCUT2D eigenvalue weighted by molar-refractivity contribution is 0.605. The van der Waals surface area contributed by atoms with E-state index in [9.17, 15) is 0 Å². The van der Waals surface area contributed by atoms with Gasteiger partial charge >= 0.3 is 0 Å². The first-order valence-electron chi connectivity index (χ1n) is 12.3. The number of nitrogens with zero attached hydrogens (tertiary/aromatic N) is 4. The Morgan fingerprint density at radius 3 is 2.42 bits per heavy atom. The van der Waals surface area contributed by atoms with Gasteiger partial charge in [-0.15, -0.1) is 0 Å². The number of imidazole rings is 1. The normalized spacial score (nSPS) is 11.2. The molecule has 3 aromatic heterocycles. The van der Waals surface area contributed by atoms with Gasteiger partial charge in [0.1, 0.15) is 11.3 Å². The van der Waals surface area contributed by atoms with Crippen LogP contribution in [0.5, 0.6) is 0 Å². The minimum atomic E-state index is 0.441. The first-order chi connectivity index (χ1) is 17.7. The second-order valence-corrected chi connectivity index (χ2v) is 8.77. The number of benzene rings is 2. The van der Waals surface area contributed by atoms with Crippen molar-refractivity contribution in [2.24, 2.45) is 0 Å². The van der Waals surface area contributed by atoms with Crippen LogP contribution in [-0.2, 0) is 6.54 Å². The number of nitrogens with two attached hydrogens (primary N) is 1. The van der Waals surface area contributed by atoms with Gasteiger partial charge in [-0.05, 0) is 74.9 Å². The molecule has 0 unspecified atom stereocenters. The van der Waals surface area contributed by atoms with Crippen molar-refractivity contribution in [3.05, 3.63) is 90.6 Å². The highest BCUT2D eigenvalue weighted by Gasteiger charge is 2.18. The maximum absolute atomic E-state index is 6.27. The minimum absolute atomic E-state index is 0.441. The van der Waals surface area contributed by atoms with Gasteiger partial charge in [0.25, 0.3) is 0 Å². The average Bonchev–Trinajstić information content (AvgIpc) is 3.30. The van der Waals surface area contributed by atoms with Crippen LogP contribution >= 0.6 is 0 Å². The Hall–Kier alpha value is -4.07. The van der Waals surface area contributed by atoms with Gasteiger partial charge in [-0.2, -0.15) is 0 Å². The lowest BCUT2D eigenvalue weighted by atomic mass is 10.1. The second kappa shape index (κ2) is 11.1. The summed E-state index contributed by atoms with van der Waals surface area (Å²) in [6, 6.07) is 26.6. The number of hydrogen-bond donors (Lipinski definition) is 3. The van der Waals surface area contributed by atoms with Crippen LogP contribution in [-0.4, -0.2) is 39.7 Å². The van der Waals surface area contributed by atoms with Gasteiger partial charge in [0.15, 0.2) is 11.5 Å². The van der Waals surface area contributed by atoms with E-state index in [4.69, 9.17) is 15.7 Å². The molecule has 5 aromatic rings. The molecule has 4 N–H and O–H groups in total. The molecule has 2 aromatic carbocycles. The number of rotatable bonds is 10. The van der Waals surface area contributed by atoms with Crippen LogP contribution in [0.4, 0.5) is 5.82 Å². The van der Waals surface area contributed by atoms with Crippen LogP contribution in [0.2, 0.25) is 0 Å². The molecule has 0 saturated heterocycles. The Bertz CT molecular complexity index is 1430. The smallest absolute Gasteiger partial charge is 0.165 e. The lowest BCUT2D eigenvalue weighted by Crippen LogP contribution is -2.16. The molecule has 182 valence electrons. The maximum Gasteiger partial charge on any atom is 0.165 e. The van der Waals surface area contributed by atoms with Gasteiger partial charge in [0.2, 0.25) is 0 Å². The summed E-state index contributed by atoms with van der Waals surface area (Å²) < 4.78 is 2.07. The molecule has 36 heavy (non-hydrogen) atoms. The fourth-order valence-corrected chi connectivity index (χ4v) is 4.31. The van der Waals surface area contributed by atoms with Gasteiger partial charge in [-0.3, -0.25) is 4.57 Å². The van der Waals surface area contributed by atoms with Crippen LogP contribution < -0.4 is 16.4 Å². The van der Waals surface area contributed by atoms with Crippen molar-refractivity contribution in [3.63, 3.8) is 0 Å². The summed E-state index contributed by atoms with van der Waals surface area (Å²) in [6.07, 6.45) is 4.03. The molecular weight excluding hydrogens is 446 g/mol. The zero-order chi connectivity index (χ0) is 24.7. The maximum atomic E-state index is 6.27. The molecule has 3 heterocycles. The number of nitrogen functional groups attached to an aromatic ring is 1. The molecule has 0 saturated carbocycles. The Kier molecular flexibility index (Phi) is 7.30. The molecule has 0 aliphatic rings. The van der Waals surface area contributed by atoms with Crippen molar-refractivity contribution in [1.29, 1.82) is 0 Å². The van der Waals surface area contributed by atoms with Crippen LogP contribution in [0.15, 0.2) is 85.1 Å². The van der Waals surface area contributed by atoms with Crippen molar-refractivity contribution < 1.29 is 0 Å². The SMILES string of the molecule is CNCCCCNCc1ccc(-n2c(-c3cccnc3N)nc3ccc(-c4ccccc4)nc32)cc1. The Labute approximate surface area is 211 Å². The number of aromatic nitrogens is 4. The van der Waals surface area contributed by atoms with Gasteiger partial charge < -0.3 is 16.4 Å². The number of nitrogens with one attached hydrogen (secondary N) is 2. The molecule has 7 heteroatoms. The van der Waals surface area contributed by atoms with E-state index in [-0.39, 0.29) is 0 Å². The summed E-state index contributed by atoms with van der Waals surface area (Å²) in [5.41, 5.74) is 12.8. The van der Waals surface area contributed by atoms with E-state index in [1.807, 2.05) is 49.5 Å². The second-order valence-electron chi connectivity index (χ2n) is 8.77. The Morgan fingerprint density at radius 2 is 1.64 bits per heavy atom. The third-order valence-corrected chi connectivity index (χ3v) is 6.21. The molecule has 0 atom stereocenters. The molecule has 0 aliphatic heterocycles. The summed E-state index contributed by atoms with van der Waals surface area (Å²) in [5.74, 6) is 1.17. The van der Waals surface area contributed by atoms with Crippen LogP contribution in [0, 0.1) is 0 Å². The summed E-state index contributed by atoms with van der Waals surface area (Å²) in [4.78, 5) is 14.2. The topological polar surface area (TPSA) is 93.7 Å². The minimum Gasteiger partial charge on any atom is -0.383 e. The highest BCUT2D eigenvalue weighted by atomic mass is 15.1. The Morgan fingerprint density at radius 1 is 0.833 bits per heavy atom. The van der Waals surface area contributed by atoms with Crippen molar-refractivity contribution in [2.45, 2.75) is 19.4 Å². The predicted molar refractivity (Wildman–Crippen MR) is 147 cm³/mol. The third-order valence-electron chi connectivity index (χ3n) is 6.21. The molecule has 0 amide bonds. The van der Waals surface area contributed by atoms with E-state index in [2.05, 4.69) is 56.6 Å². The average molecular weight is 478 g/mol. The molecule has 0 aliphatic carbocycles. The third kappa shape index (κ3) is 5.12. The van der Waals surface area contributed by atoms with Crippen molar-refractivity contribution in [1.82, 2.24) is 30.2 Å². The molecule has 0 fully saturated rings. The van der Waals surface area contributed by atoms with E-state index in [1.54, 1.807) is 6.20 Å². The summed E-state index contributed by atoms with van der Waals surface area (Å²) in [7, 11) is 1.99. The number of hydrogen-bond acceptors (Lipinski definition) is 6. The molecule has 0 spiro atoms. The molecule has 5 rings (SSSR count). The van der Waals surface area contributed by atoms with Gasteiger partial charge in [-0.1, -0.05) is 42.5 Å². The zero-order valence-corrected chi connectivity index (χ0v) is 20.5. The van der Waals surface area contributed by atoms with Crippen molar-refractivity contribution in [3.8, 4) is 28.3 Å². The first-order valence-corrected chi connectivity index (χ1v) is 12.3. The largest absolute Gasteiger partial charge is 0.383 e. The quantitative estimate of drug-likeness (QED) is 0.250. The van der Waals surface area contributed by atoms with Crippen LogP contribution in [0.1, 0.15) is 18.4 Å². The number of anilines is 1. The van der Waals surface area contributed by atoms with Gasteiger partial charge in [0, 0.05) is 24.0 Å². The summed E-state index contributed by atoms with van der Waals surface area (Å²) >= 11 is 0. The van der Waals surface area contributed by atoms with Gasteiger partial charge in [-0.25, -0.2) is 15.0 Å². The van der Waals surface area contributed by atoms with Crippen molar-refractivity contribution in [2.75, 3.05) is 25.9 Å². The molecular formula is C29H31N7. The van der Waals surface area contributed by atoms with E-state index in [0.29, 0.717) is 5.82 Å². The van der Waals surface area contributed by atoms with Crippen molar-refractivity contribution >= 4 is 17.0 Å². The number of fused-ring (bicyclic) bond motifs is 1. The van der Waals surface area contributed by atoms with Gasteiger partial charge in [0.05, 0.1) is 11.3 Å². The van der Waals surface area contributed by atoms with E-state index in [0.717, 1.165) is 65.6 Å². The van der Waals surface area contributed by atoms with E-state index in [1.165, 1.54) is 12.0 Å². The molecule has 0 bridgehead atoms. The van der Waals surface area contributed by atoms with E-state index >= 15 is 0 Å². The zero-order valence-electron chi connectivity index (χ0n) is 20.5. The highest BCUT2D eigenvalue weighted by molar-refractivity contribution is 5.84. The first kappa shape index (κ1) is 23.7. The fourth-order valence-electron chi connectivity index (χ4n) is 4.31. The lowest BCUT2D eigenvalue weighted by Gasteiger charge is -2.12. The predicted octanol–water partition coefficient (Wildman–Crippen LogP) is 4.82. The summed E-state index contributed by atoms with van der Waals surface area (Å²) in [6.45, 7) is 2.90. The monoisotopic (exact) mass is 477 g/mol. The van der Waals surface area contributed by atoms with E-state index < -0.39 is 0 Å². The standard InChI is InChI=1S/C29H31N7/c1-31-17-5-6-18-32-20-21-11-13-23(14-12-21)36-28(24-10-7-19-33-27(24)30)35-26-16-15-25(34-29(26)36)22-8-3-2-4-9-22/h2-4,7-16,19,31-32H,5-6,17-18,20H2,1H3,(H2,30,33). The summed E-state index contributed by atoms with van der Waals surface area (Å²) in [5, 5.41) is 6.72. The fraction of sp³-hybridized carbons (Fsp3) is 0.207. The molecule has 7 nitrogen and oxygen atoms in total. The van der Waals surface area contributed by atoms with Crippen LogP contribution in [0.3, 0.4) is 0 Å². The van der Waals surface area contributed by atoms with Crippen LogP contribution in [0.25, 0.3) is 39.5 Å². The number of unbranched alkanes of at least 4 members (excludes halogenated alkanes) is 1. The number of pyridine rings is 2. The highest BCUT2D eigenvalue weighted by Crippen LogP contribution is 2.31.